The molecule has 1 saturated carbocycles. The first-order valence-electron chi connectivity index (χ1n) is 12.3. The monoisotopic (exact) mass is 478 g/mol. The van der Waals surface area contributed by atoms with Gasteiger partial charge in [0.25, 0.3) is 5.91 Å². The molecule has 0 spiro atoms. The third kappa shape index (κ3) is 6.03. The van der Waals surface area contributed by atoms with E-state index in [4.69, 9.17) is 9.47 Å². The Morgan fingerprint density at radius 2 is 1.80 bits per heavy atom. The van der Waals surface area contributed by atoms with Crippen LogP contribution in [0.2, 0.25) is 0 Å². The Morgan fingerprint density at radius 3 is 2.49 bits per heavy atom. The third-order valence-corrected chi connectivity index (χ3v) is 7.05. The molecule has 186 valence electrons. The highest BCUT2D eigenvalue weighted by Crippen LogP contribution is 2.31. The summed E-state index contributed by atoms with van der Waals surface area (Å²) in [5, 5.41) is 13.5. The number of amides is 1. The summed E-state index contributed by atoms with van der Waals surface area (Å²) in [6, 6.07) is 15.8. The van der Waals surface area contributed by atoms with Gasteiger partial charge in [0.2, 0.25) is 0 Å². The Bertz CT molecular complexity index is 1150. The summed E-state index contributed by atoms with van der Waals surface area (Å²) in [7, 11) is 1.65. The fourth-order valence-corrected chi connectivity index (χ4v) is 4.98. The van der Waals surface area contributed by atoms with Crippen molar-refractivity contribution in [2.24, 2.45) is 11.8 Å². The first-order chi connectivity index (χ1) is 17.0. The Morgan fingerprint density at radius 1 is 1.06 bits per heavy atom. The standard InChI is InChI=1S/C28H34N2O5/c1-19(21-8-10-23(11-9-21)28(32)33)29-27(31)25-5-3-4-22-14-15-30(26(22)25)18-20-6-12-24(13-7-20)35-17-16-34-2/h3-7,12-15,19,21,23H,8-11,16-18H2,1-2H3,(H,29,31)(H,32,33). The van der Waals surface area contributed by atoms with Gasteiger partial charge >= 0.3 is 5.97 Å². The molecule has 1 fully saturated rings. The van der Waals surface area contributed by atoms with E-state index < -0.39 is 5.97 Å². The first kappa shape index (κ1) is 24.8. The van der Waals surface area contributed by atoms with Crippen LogP contribution in [0.4, 0.5) is 0 Å². The van der Waals surface area contributed by atoms with E-state index in [9.17, 15) is 14.7 Å². The molecule has 1 unspecified atom stereocenters. The number of nitrogens with zero attached hydrogens (tertiary/aromatic N) is 1. The number of carboxylic acid groups (broad SMARTS) is 1. The Hall–Kier alpha value is -3.32. The van der Waals surface area contributed by atoms with Crippen molar-refractivity contribution in [1.82, 2.24) is 9.88 Å². The maximum absolute atomic E-state index is 13.3. The molecular weight excluding hydrogens is 444 g/mol. The van der Waals surface area contributed by atoms with Crippen molar-refractivity contribution >= 4 is 22.8 Å². The third-order valence-electron chi connectivity index (χ3n) is 7.05. The highest BCUT2D eigenvalue weighted by molar-refractivity contribution is 6.06. The molecule has 1 aliphatic carbocycles. The SMILES string of the molecule is COCCOc1ccc(Cn2ccc3cccc(C(=O)NC(C)C4CCC(C(=O)O)CC4)c32)cc1. The number of nitrogens with one attached hydrogen (secondary N) is 1. The van der Waals surface area contributed by atoms with Gasteiger partial charge in [0.1, 0.15) is 12.4 Å². The summed E-state index contributed by atoms with van der Waals surface area (Å²) >= 11 is 0. The van der Waals surface area contributed by atoms with Gasteiger partial charge in [-0.25, -0.2) is 0 Å². The van der Waals surface area contributed by atoms with E-state index in [-0.39, 0.29) is 17.9 Å². The molecule has 35 heavy (non-hydrogen) atoms. The predicted molar refractivity (Wildman–Crippen MR) is 135 cm³/mol. The molecule has 1 amide bonds. The number of benzene rings is 2. The smallest absolute Gasteiger partial charge is 0.306 e. The average Bonchev–Trinajstić information content (AvgIpc) is 3.28. The first-order valence-corrected chi connectivity index (χ1v) is 12.3. The van der Waals surface area contributed by atoms with E-state index in [0.29, 0.717) is 44.1 Å². The summed E-state index contributed by atoms with van der Waals surface area (Å²) in [6.45, 7) is 3.72. The van der Waals surface area contributed by atoms with Gasteiger partial charge in [0.05, 0.1) is 23.6 Å². The van der Waals surface area contributed by atoms with Crippen LogP contribution in [0.15, 0.2) is 54.7 Å². The van der Waals surface area contributed by atoms with Crippen LogP contribution < -0.4 is 10.1 Å². The lowest BCUT2D eigenvalue weighted by Gasteiger charge is -2.31. The normalized spacial score (nSPS) is 18.8. The highest BCUT2D eigenvalue weighted by atomic mass is 16.5. The number of aromatic nitrogens is 1. The van der Waals surface area contributed by atoms with Crippen molar-refractivity contribution in [3.05, 3.63) is 65.9 Å². The lowest BCUT2D eigenvalue weighted by Crippen LogP contribution is -2.40. The van der Waals surface area contributed by atoms with Crippen LogP contribution in [-0.2, 0) is 16.1 Å². The number of methoxy groups -OCH3 is 1. The summed E-state index contributed by atoms with van der Waals surface area (Å²) < 4.78 is 12.8. The van der Waals surface area contributed by atoms with E-state index in [1.165, 1.54) is 0 Å². The van der Waals surface area contributed by atoms with Gasteiger partial charge in [-0.3, -0.25) is 9.59 Å². The Kier molecular flexibility index (Phi) is 8.08. The zero-order valence-corrected chi connectivity index (χ0v) is 20.4. The topological polar surface area (TPSA) is 89.8 Å². The summed E-state index contributed by atoms with van der Waals surface area (Å²) in [4.78, 5) is 24.6. The number of fused-ring (bicyclic) bond motifs is 1. The van der Waals surface area contributed by atoms with Crippen molar-refractivity contribution in [2.45, 2.75) is 45.2 Å². The van der Waals surface area contributed by atoms with E-state index >= 15 is 0 Å². The van der Waals surface area contributed by atoms with Crippen molar-refractivity contribution in [3.8, 4) is 5.75 Å². The maximum Gasteiger partial charge on any atom is 0.306 e. The Balaban J connectivity index is 1.45. The second kappa shape index (κ2) is 11.4. The van der Waals surface area contributed by atoms with Crippen LogP contribution in [-0.4, -0.2) is 47.9 Å². The number of carboxylic acids is 1. The van der Waals surface area contributed by atoms with E-state index in [1.54, 1.807) is 7.11 Å². The largest absolute Gasteiger partial charge is 0.491 e. The molecule has 7 nitrogen and oxygen atoms in total. The number of hydrogen-bond acceptors (Lipinski definition) is 4. The van der Waals surface area contributed by atoms with Gasteiger partial charge in [-0.1, -0.05) is 24.3 Å². The molecule has 0 radical (unpaired) electrons. The van der Waals surface area contributed by atoms with Gasteiger partial charge in [0.15, 0.2) is 0 Å². The highest BCUT2D eigenvalue weighted by Gasteiger charge is 2.29. The van der Waals surface area contributed by atoms with Crippen molar-refractivity contribution in [3.63, 3.8) is 0 Å². The number of hydrogen-bond donors (Lipinski definition) is 2. The van der Waals surface area contributed by atoms with Gasteiger partial charge in [-0.05, 0) is 68.4 Å². The molecule has 4 rings (SSSR count). The number of para-hydroxylation sites is 1. The molecule has 2 aromatic carbocycles. The van der Waals surface area contributed by atoms with Crippen LogP contribution in [0, 0.1) is 11.8 Å². The molecular formula is C28H34N2O5. The lowest BCUT2D eigenvalue weighted by molar-refractivity contribution is -0.143. The zero-order valence-electron chi connectivity index (χ0n) is 20.4. The van der Waals surface area contributed by atoms with Crippen LogP contribution in [0.3, 0.4) is 0 Å². The average molecular weight is 479 g/mol. The molecule has 3 aromatic rings. The van der Waals surface area contributed by atoms with E-state index in [0.717, 1.165) is 35.1 Å². The molecule has 1 heterocycles. The van der Waals surface area contributed by atoms with Crippen LogP contribution in [0.25, 0.3) is 10.9 Å². The minimum Gasteiger partial charge on any atom is -0.491 e. The predicted octanol–water partition coefficient (Wildman–Crippen LogP) is 4.72. The minimum absolute atomic E-state index is 0.0124. The molecule has 7 heteroatoms. The molecule has 0 aliphatic heterocycles. The van der Waals surface area contributed by atoms with Gasteiger partial charge in [-0.2, -0.15) is 0 Å². The molecule has 1 aromatic heterocycles. The van der Waals surface area contributed by atoms with Crippen molar-refractivity contribution < 1.29 is 24.2 Å². The summed E-state index contributed by atoms with van der Waals surface area (Å²) in [5.74, 6) is 0.0445. The van der Waals surface area contributed by atoms with Gasteiger partial charge in [0, 0.05) is 31.3 Å². The second-order valence-electron chi connectivity index (χ2n) is 9.38. The number of carbonyl (C=O) groups excluding carboxylic acids is 1. The molecule has 1 aliphatic rings. The molecule has 1 atom stereocenters. The van der Waals surface area contributed by atoms with Crippen molar-refractivity contribution in [1.29, 1.82) is 0 Å². The molecule has 2 N–H and O–H groups in total. The summed E-state index contributed by atoms with van der Waals surface area (Å²) in [6.07, 6.45) is 5.01. The second-order valence-corrected chi connectivity index (χ2v) is 9.38. The fraction of sp³-hybridized carbons (Fsp3) is 0.429. The van der Waals surface area contributed by atoms with Crippen molar-refractivity contribution in [2.75, 3.05) is 20.3 Å². The summed E-state index contributed by atoms with van der Waals surface area (Å²) in [5.41, 5.74) is 2.67. The minimum atomic E-state index is -0.708. The lowest BCUT2D eigenvalue weighted by atomic mass is 9.79. The van der Waals surface area contributed by atoms with E-state index in [1.807, 2.05) is 61.7 Å². The number of carbonyl (C=O) groups is 2. The van der Waals surface area contributed by atoms with Gasteiger partial charge < -0.3 is 24.5 Å². The number of rotatable bonds is 10. The van der Waals surface area contributed by atoms with Crippen LogP contribution in [0.1, 0.15) is 48.5 Å². The van der Waals surface area contributed by atoms with E-state index in [2.05, 4.69) is 9.88 Å². The van der Waals surface area contributed by atoms with Crippen LogP contribution in [0.5, 0.6) is 5.75 Å². The van der Waals surface area contributed by atoms with Gasteiger partial charge in [-0.15, -0.1) is 0 Å². The molecule has 0 bridgehead atoms. The zero-order chi connectivity index (χ0) is 24.8. The number of ether oxygens (including phenoxy) is 2. The van der Waals surface area contributed by atoms with Crippen LogP contribution >= 0.6 is 0 Å². The Labute approximate surface area is 206 Å². The molecule has 0 saturated heterocycles. The quantitative estimate of drug-likeness (QED) is 0.412. The number of aliphatic carboxylic acids is 1. The maximum atomic E-state index is 13.3. The fourth-order valence-electron chi connectivity index (χ4n) is 4.98.